The third kappa shape index (κ3) is 2.20. The Kier molecular flexibility index (Phi) is 3.55. The highest BCUT2D eigenvalue weighted by Crippen LogP contribution is 2.17. The third-order valence-electron chi connectivity index (χ3n) is 3.59. The lowest BCUT2D eigenvalue weighted by Gasteiger charge is -2.13. The molecular weight excluding hydrogens is 280 g/mol. The van der Waals surface area contributed by atoms with Crippen LogP contribution in [0, 0.1) is 0 Å². The van der Waals surface area contributed by atoms with E-state index in [1.54, 1.807) is 34.9 Å². The minimum Gasteiger partial charge on any atom is -0.508 e. The molecule has 0 saturated carbocycles. The van der Waals surface area contributed by atoms with Gasteiger partial charge in [-0.3, -0.25) is 9.36 Å². The van der Waals surface area contributed by atoms with Gasteiger partial charge in [0.05, 0.1) is 16.6 Å². The summed E-state index contributed by atoms with van der Waals surface area (Å²) in [5.74, 6) is 0.00547. The second kappa shape index (κ2) is 5.52. The predicted octanol–water partition coefficient (Wildman–Crippen LogP) is 2.27. The molecule has 0 aliphatic rings. The first-order valence-electron chi connectivity index (χ1n) is 7.17. The number of fused-ring (bicyclic) bond motifs is 1. The number of hydrogen-bond donors (Lipinski definition) is 1. The number of phenolic OH excluding ortho intramolecular Hbond substituents is 1. The molecule has 0 fully saturated rings. The summed E-state index contributed by atoms with van der Waals surface area (Å²) in [6, 6.07) is 13.3. The number of para-hydroxylation sites is 1. The van der Waals surface area contributed by atoms with Crippen molar-refractivity contribution >= 4 is 10.9 Å². The van der Waals surface area contributed by atoms with Crippen molar-refractivity contribution in [3.63, 3.8) is 0 Å². The SMILES string of the molecule is CCCn1c(=O)n(-c2ccccc2)c(=O)c2cc(O)ccc21. The summed E-state index contributed by atoms with van der Waals surface area (Å²) in [4.78, 5) is 25.4. The largest absolute Gasteiger partial charge is 0.508 e. The van der Waals surface area contributed by atoms with E-state index in [1.807, 2.05) is 13.0 Å². The third-order valence-corrected chi connectivity index (χ3v) is 3.59. The number of aryl methyl sites for hydroxylation is 1. The monoisotopic (exact) mass is 296 g/mol. The van der Waals surface area contributed by atoms with E-state index in [-0.39, 0.29) is 11.4 Å². The Labute approximate surface area is 126 Å². The fraction of sp³-hybridized carbons (Fsp3) is 0.176. The van der Waals surface area contributed by atoms with E-state index >= 15 is 0 Å². The maximum Gasteiger partial charge on any atom is 0.336 e. The first-order valence-corrected chi connectivity index (χ1v) is 7.17. The summed E-state index contributed by atoms with van der Waals surface area (Å²) in [5.41, 5.74) is 0.278. The number of benzene rings is 2. The predicted molar refractivity (Wildman–Crippen MR) is 85.8 cm³/mol. The Balaban J connectivity index is 2.48. The molecule has 5 nitrogen and oxygen atoms in total. The number of rotatable bonds is 3. The lowest BCUT2D eigenvalue weighted by atomic mass is 10.2. The number of nitrogens with zero attached hydrogens (tertiary/aromatic N) is 2. The highest BCUT2D eigenvalue weighted by Gasteiger charge is 2.14. The molecule has 0 unspecified atom stereocenters. The van der Waals surface area contributed by atoms with Crippen molar-refractivity contribution in [2.75, 3.05) is 0 Å². The van der Waals surface area contributed by atoms with E-state index in [9.17, 15) is 14.7 Å². The van der Waals surface area contributed by atoms with Crippen LogP contribution >= 0.6 is 0 Å². The van der Waals surface area contributed by atoms with E-state index < -0.39 is 5.56 Å². The molecule has 0 spiro atoms. The Morgan fingerprint density at radius 3 is 2.45 bits per heavy atom. The van der Waals surface area contributed by atoms with Gasteiger partial charge in [-0.2, -0.15) is 0 Å². The number of aromatic hydroxyl groups is 1. The molecule has 112 valence electrons. The molecule has 0 radical (unpaired) electrons. The zero-order valence-electron chi connectivity index (χ0n) is 12.2. The quantitative estimate of drug-likeness (QED) is 0.806. The second-order valence-electron chi connectivity index (χ2n) is 5.11. The second-order valence-corrected chi connectivity index (χ2v) is 5.11. The van der Waals surface area contributed by atoms with E-state index in [0.717, 1.165) is 11.0 Å². The zero-order chi connectivity index (χ0) is 15.7. The van der Waals surface area contributed by atoms with Gasteiger partial charge in [0.2, 0.25) is 0 Å². The van der Waals surface area contributed by atoms with Crippen molar-refractivity contribution < 1.29 is 5.11 Å². The van der Waals surface area contributed by atoms with Gasteiger partial charge in [0, 0.05) is 6.54 Å². The van der Waals surface area contributed by atoms with Crippen LogP contribution in [-0.2, 0) is 6.54 Å². The average molecular weight is 296 g/mol. The molecule has 0 amide bonds. The van der Waals surface area contributed by atoms with E-state index in [4.69, 9.17) is 0 Å². The molecule has 1 heterocycles. The van der Waals surface area contributed by atoms with Gasteiger partial charge in [-0.1, -0.05) is 25.1 Å². The molecule has 0 aliphatic carbocycles. The van der Waals surface area contributed by atoms with Gasteiger partial charge in [-0.05, 0) is 36.8 Å². The van der Waals surface area contributed by atoms with E-state index in [2.05, 4.69) is 0 Å². The van der Waals surface area contributed by atoms with Crippen molar-refractivity contribution in [1.29, 1.82) is 0 Å². The fourth-order valence-corrected chi connectivity index (χ4v) is 2.61. The summed E-state index contributed by atoms with van der Waals surface area (Å²) in [6.07, 6.45) is 0.767. The average Bonchev–Trinajstić information content (AvgIpc) is 2.53. The molecule has 3 rings (SSSR count). The van der Waals surface area contributed by atoms with Crippen LogP contribution in [0.4, 0.5) is 0 Å². The standard InChI is InChI=1S/C17H16N2O3/c1-2-10-18-15-9-8-13(20)11-14(15)16(21)19(17(18)22)12-6-4-3-5-7-12/h3-9,11,20H,2,10H2,1H3. The molecule has 1 N–H and O–H groups in total. The van der Waals surface area contributed by atoms with Crippen molar-refractivity contribution in [2.24, 2.45) is 0 Å². The molecule has 5 heteroatoms. The number of aromatic nitrogens is 2. The zero-order valence-corrected chi connectivity index (χ0v) is 12.2. The molecule has 1 aromatic heterocycles. The Morgan fingerprint density at radius 2 is 1.77 bits per heavy atom. The number of phenols is 1. The molecule has 0 atom stereocenters. The summed E-state index contributed by atoms with van der Waals surface area (Å²) in [5, 5.41) is 10.0. The van der Waals surface area contributed by atoms with Crippen LogP contribution in [-0.4, -0.2) is 14.2 Å². The summed E-state index contributed by atoms with van der Waals surface area (Å²) in [7, 11) is 0. The molecule has 3 aromatic rings. The van der Waals surface area contributed by atoms with Crippen LogP contribution in [0.1, 0.15) is 13.3 Å². The molecule has 0 saturated heterocycles. The van der Waals surface area contributed by atoms with Gasteiger partial charge < -0.3 is 5.11 Å². The highest BCUT2D eigenvalue weighted by molar-refractivity contribution is 5.80. The lowest BCUT2D eigenvalue weighted by molar-refractivity contribution is 0.476. The van der Waals surface area contributed by atoms with Crippen LogP contribution in [0.5, 0.6) is 5.75 Å². The molecule has 0 aliphatic heterocycles. The first kappa shape index (κ1) is 14.1. The maximum absolute atomic E-state index is 12.7. The first-order chi connectivity index (χ1) is 10.6. The Hall–Kier alpha value is -2.82. The van der Waals surface area contributed by atoms with Crippen LogP contribution in [0.15, 0.2) is 58.1 Å². The van der Waals surface area contributed by atoms with Gasteiger partial charge in [0.25, 0.3) is 5.56 Å². The Morgan fingerprint density at radius 1 is 1.05 bits per heavy atom. The minimum absolute atomic E-state index is 0.00547. The van der Waals surface area contributed by atoms with Crippen LogP contribution in [0.25, 0.3) is 16.6 Å². The van der Waals surface area contributed by atoms with E-state index in [1.165, 1.54) is 12.1 Å². The molecule has 2 aromatic carbocycles. The minimum atomic E-state index is -0.422. The molecule has 22 heavy (non-hydrogen) atoms. The number of hydrogen-bond acceptors (Lipinski definition) is 3. The topological polar surface area (TPSA) is 64.2 Å². The van der Waals surface area contributed by atoms with Crippen molar-refractivity contribution in [1.82, 2.24) is 9.13 Å². The summed E-state index contributed by atoms with van der Waals surface area (Å²) in [6.45, 7) is 2.48. The molecular formula is C17H16N2O3. The van der Waals surface area contributed by atoms with Gasteiger partial charge in [-0.15, -0.1) is 0 Å². The Bertz CT molecular complexity index is 940. The van der Waals surface area contributed by atoms with Gasteiger partial charge >= 0.3 is 5.69 Å². The van der Waals surface area contributed by atoms with Gasteiger partial charge in [0.15, 0.2) is 0 Å². The van der Waals surface area contributed by atoms with Gasteiger partial charge in [0.1, 0.15) is 5.75 Å². The van der Waals surface area contributed by atoms with Crippen molar-refractivity contribution in [3.8, 4) is 11.4 Å². The van der Waals surface area contributed by atoms with E-state index in [0.29, 0.717) is 23.1 Å². The molecule has 0 bridgehead atoms. The normalized spacial score (nSPS) is 11.0. The summed E-state index contributed by atoms with van der Waals surface area (Å²) < 4.78 is 2.72. The highest BCUT2D eigenvalue weighted by atomic mass is 16.3. The summed E-state index contributed by atoms with van der Waals surface area (Å²) >= 11 is 0. The van der Waals surface area contributed by atoms with Crippen LogP contribution in [0.2, 0.25) is 0 Å². The van der Waals surface area contributed by atoms with Crippen molar-refractivity contribution in [2.45, 2.75) is 19.9 Å². The van der Waals surface area contributed by atoms with Crippen molar-refractivity contribution in [3.05, 3.63) is 69.4 Å². The van der Waals surface area contributed by atoms with Crippen LogP contribution < -0.4 is 11.2 Å². The fourth-order valence-electron chi connectivity index (χ4n) is 2.61. The smallest absolute Gasteiger partial charge is 0.336 e. The van der Waals surface area contributed by atoms with Crippen LogP contribution in [0.3, 0.4) is 0 Å². The lowest BCUT2D eigenvalue weighted by Crippen LogP contribution is -2.39. The van der Waals surface area contributed by atoms with Gasteiger partial charge in [-0.25, -0.2) is 9.36 Å². The maximum atomic E-state index is 12.7.